The molecule has 22 heavy (non-hydrogen) atoms. The number of H-pyrrole nitrogens is 1. The topological polar surface area (TPSA) is 84.2 Å². The van der Waals surface area contributed by atoms with Gasteiger partial charge in [-0.3, -0.25) is 9.89 Å². The number of piperidine rings is 1. The second kappa shape index (κ2) is 5.06. The van der Waals surface area contributed by atoms with Crippen LogP contribution in [0, 0.1) is 0 Å². The van der Waals surface area contributed by atoms with Crippen molar-refractivity contribution < 1.29 is 9.53 Å². The highest BCUT2D eigenvalue weighted by Gasteiger charge is 2.48. The summed E-state index contributed by atoms with van der Waals surface area (Å²) in [5.41, 5.74) is 8.06. The summed E-state index contributed by atoms with van der Waals surface area (Å²) in [5, 5.41) is 7.30. The van der Waals surface area contributed by atoms with E-state index in [1.807, 2.05) is 4.90 Å². The van der Waals surface area contributed by atoms with Crippen molar-refractivity contribution in [2.45, 2.75) is 70.7 Å². The van der Waals surface area contributed by atoms with Crippen LogP contribution in [0.2, 0.25) is 0 Å². The Morgan fingerprint density at radius 3 is 2.59 bits per heavy atom. The van der Waals surface area contributed by atoms with Gasteiger partial charge in [0.25, 0.3) is 5.91 Å². The third-order valence-corrected chi connectivity index (χ3v) is 4.84. The maximum atomic E-state index is 13.2. The summed E-state index contributed by atoms with van der Waals surface area (Å²) in [6.07, 6.45) is 2.38. The maximum absolute atomic E-state index is 13.2. The van der Waals surface area contributed by atoms with Crippen molar-refractivity contribution in [2.75, 3.05) is 6.61 Å². The number of nitrogens with zero attached hydrogens (tertiary/aromatic N) is 2. The zero-order valence-electron chi connectivity index (χ0n) is 13.9. The molecule has 2 aliphatic heterocycles. The van der Waals surface area contributed by atoms with Crippen molar-refractivity contribution in [1.82, 2.24) is 15.1 Å². The van der Waals surface area contributed by atoms with E-state index in [9.17, 15) is 4.79 Å². The smallest absolute Gasteiger partial charge is 0.275 e. The molecule has 0 spiro atoms. The Bertz CT molecular complexity index is 573. The lowest BCUT2D eigenvalue weighted by Gasteiger charge is -2.54. The van der Waals surface area contributed by atoms with Gasteiger partial charge in [-0.1, -0.05) is 0 Å². The third-order valence-electron chi connectivity index (χ3n) is 4.84. The minimum absolute atomic E-state index is 0.0232. The number of amides is 1. The molecule has 6 heteroatoms. The molecule has 0 aromatic carbocycles. The molecule has 3 N–H and O–H groups in total. The zero-order chi connectivity index (χ0) is 16.1. The molecule has 0 bridgehead atoms. The van der Waals surface area contributed by atoms with Crippen molar-refractivity contribution in [2.24, 2.45) is 5.73 Å². The van der Waals surface area contributed by atoms with E-state index in [1.54, 1.807) is 0 Å². The van der Waals surface area contributed by atoms with Crippen LogP contribution in [0.4, 0.5) is 0 Å². The molecule has 2 aliphatic rings. The lowest BCUT2D eigenvalue weighted by molar-refractivity contribution is -0.0179. The third kappa shape index (κ3) is 2.44. The van der Waals surface area contributed by atoms with Gasteiger partial charge in [0.05, 0.1) is 13.2 Å². The van der Waals surface area contributed by atoms with Gasteiger partial charge >= 0.3 is 0 Å². The van der Waals surface area contributed by atoms with Gasteiger partial charge in [-0.05, 0) is 40.5 Å². The quantitative estimate of drug-likeness (QED) is 0.825. The van der Waals surface area contributed by atoms with E-state index in [0.29, 0.717) is 18.9 Å². The van der Waals surface area contributed by atoms with E-state index in [-0.39, 0.29) is 23.0 Å². The van der Waals surface area contributed by atoms with Gasteiger partial charge in [0.2, 0.25) is 0 Å². The summed E-state index contributed by atoms with van der Waals surface area (Å²) in [6.45, 7) is 9.48. The lowest BCUT2D eigenvalue weighted by atomic mass is 9.77. The van der Waals surface area contributed by atoms with Crippen LogP contribution in [0.3, 0.4) is 0 Å². The van der Waals surface area contributed by atoms with Crippen molar-refractivity contribution >= 4 is 5.91 Å². The first kappa shape index (κ1) is 15.5. The Hall–Kier alpha value is -1.40. The predicted molar refractivity (Wildman–Crippen MR) is 83.5 cm³/mol. The highest BCUT2D eigenvalue weighted by atomic mass is 16.5. The Morgan fingerprint density at radius 2 is 1.95 bits per heavy atom. The molecule has 6 nitrogen and oxygen atoms in total. The number of nitrogens with two attached hydrogens (primary N) is 1. The summed E-state index contributed by atoms with van der Waals surface area (Å²) in [4.78, 5) is 15.2. The summed E-state index contributed by atoms with van der Waals surface area (Å²) in [7, 11) is 0. The molecule has 1 aromatic heterocycles. The Morgan fingerprint density at radius 1 is 1.32 bits per heavy atom. The van der Waals surface area contributed by atoms with Crippen LogP contribution in [0.25, 0.3) is 0 Å². The fraction of sp³-hybridized carbons (Fsp3) is 0.750. The lowest BCUT2D eigenvalue weighted by Crippen LogP contribution is -2.65. The van der Waals surface area contributed by atoms with Crippen LogP contribution in [0.5, 0.6) is 0 Å². The summed E-state index contributed by atoms with van der Waals surface area (Å²) in [6, 6.07) is 0.116. The van der Waals surface area contributed by atoms with E-state index < -0.39 is 0 Å². The maximum Gasteiger partial charge on any atom is 0.275 e. The molecular formula is C16H26N4O2. The summed E-state index contributed by atoms with van der Waals surface area (Å²) in [5.74, 6) is -0.0232. The van der Waals surface area contributed by atoms with Crippen LogP contribution in [-0.2, 0) is 17.8 Å². The molecule has 1 fully saturated rings. The Labute approximate surface area is 131 Å². The van der Waals surface area contributed by atoms with Gasteiger partial charge < -0.3 is 15.4 Å². The fourth-order valence-corrected chi connectivity index (χ4v) is 4.30. The molecular weight excluding hydrogens is 280 g/mol. The van der Waals surface area contributed by atoms with Gasteiger partial charge in [0, 0.05) is 34.8 Å². The van der Waals surface area contributed by atoms with E-state index >= 15 is 0 Å². The Balaban J connectivity index is 1.98. The number of ether oxygens (including phenoxy) is 1. The van der Waals surface area contributed by atoms with E-state index in [1.165, 1.54) is 0 Å². The van der Waals surface area contributed by atoms with Crippen molar-refractivity contribution in [3.05, 3.63) is 17.0 Å². The molecule has 0 saturated carbocycles. The molecule has 0 unspecified atom stereocenters. The normalized spacial score (nSPS) is 24.1. The number of aromatic amines is 1. The minimum atomic E-state index is -0.292. The van der Waals surface area contributed by atoms with Gasteiger partial charge in [0.15, 0.2) is 5.69 Å². The first-order valence-corrected chi connectivity index (χ1v) is 7.96. The Kier molecular flexibility index (Phi) is 3.57. The average Bonchev–Trinajstić information content (AvgIpc) is 2.78. The average molecular weight is 306 g/mol. The van der Waals surface area contributed by atoms with Crippen LogP contribution >= 0.6 is 0 Å². The molecule has 1 amide bonds. The first-order valence-electron chi connectivity index (χ1n) is 7.96. The highest BCUT2D eigenvalue weighted by Crippen LogP contribution is 2.39. The number of carbonyl (C=O) groups is 1. The molecule has 1 aromatic rings. The largest absolute Gasteiger partial charge is 0.376 e. The zero-order valence-corrected chi connectivity index (χ0v) is 13.9. The SMILES string of the molecule is CC1(C)CC(N)CC(C)(C)N1C(=O)c1n[nH]c2c1COCC2. The van der Waals surface area contributed by atoms with Crippen LogP contribution in [-0.4, -0.2) is 44.7 Å². The molecule has 0 radical (unpaired) electrons. The van der Waals surface area contributed by atoms with Crippen LogP contribution < -0.4 is 5.73 Å². The molecule has 122 valence electrons. The summed E-state index contributed by atoms with van der Waals surface area (Å²) < 4.78 is 5.50. The minimum Gasteiger partial charge on any atom is -0.376 e. The summed E-state index contributed by atoms with van der Waals surface area (Å²) >= 11 is 0. The number of aromatic nitrogens is 2. The first-order chi connectivity index (χ1) is 10.2. The highest BCUT2D eigenvalue weighted by molar-refractivity contribution is 5.95. The van der Waals surface area contributed by atoms with Crippen molar-refractivity contribution in [3.8, 4) is 0 Å². The second-order valence-corrected chi connectivity index (χ2v) is 7.77. The van der Waals surface area contributed by atoms with Crippen LogP contribution in [0.15, 0.2) is 0 Å². The van der Waals surface area contributed by atoms with E-state index in [0.717, 1.165) is 30.5 Å². The standard InChI is InChI=1S/C16H26N4O2/c1-15(2)7-10(17)8-16(3,4)20(15)14(21)13-11-9-22-6-5-12(11)18-19-13/h10H,5-9,17H2,1-4H3,(H,18,19). The van der Waals surface area contributed by atoms with Gasteiger partial charge in [0.1, 0.15) is 0 Å². The van der Waals surface area contributed by atoms with E-state index in [4.69, 9.17) is 10.5 Å². The molecule has 0 aliphatic carbocycles. The van der Waals surface area contributed by atoms with Gasteiger partial charge in [-0.25, -0.2) is 0 Å². The number of likely N-dealkylation sites (tertiary alicyclic amines) is 1. The number of rotatable bonds is 1. The van der Waals surface area contributed by atoms with E-state index in [2.05, 4.69) is 37.9 Å². The van der Waals surface area contributed by atoms with Crippen molar-refractivity contribution in [3.63, 3.8) is 0 Å². The molecule has 3 rings (SSSR count). The molecule has 0 atom stereocenters. The van der Waals surface area contributed by atoms with Gasteiger partial charge in [-0.2, -0.15) is 5.10 Å². The second-order valence-electron chi connectivity index (χ2n) is 7.77. The molecule has 3 heterocycles. The molecule has 1 saturated heterocycles. The number of hydrogen-bond acceptors (Lipinski definition) is 4. The number of hydrogen-bond donors (Lipinski definition) is 2. The van der Waals surface area contributed by atoms with Crippen molar-refractivity contribution in [1.29, 1.82) is 0 Å². The number of fused-ring (bicyclic) bond motifs is 1. The predicted octanol–water partition coefficient (Wildman–Crippen LogP) is 1.60. The number of carbonyl (C=O) groups excluding carboxylic acids is 1. The fourth-order valence-electron chi connectivity index (χ4n) is 4.30. The number of nitrogens with one attached hydrogen (secondary N) is 1. The van der Waals surface area contributed by atoms with Crippen LogP contribution in [0.1, 0.15) is 62.3 Å². The monoisotopic (exact) mass is 306 g/mol. The van der Waals surface area contributed by atoms with Gasteiger partial charge in [-0.15, -0.1) is 0 Å².